The van der Waals surface area contributed by atoms with Crippen LogP contribution in [-0.4, -0.2) is 38.9 Å². The molecule has 4 rings (SSSR count). The predicted molar refractivity (Wildman–Crippen MR) is 128 cm³/mol. The minimum absolute atomic E-state index is 0.0238. The number of rotatable bonds is 8. The maximum Gasteiger partial charge on any atom is 0.319 e. The Morgan fingerprint density at radius 3 is 2.34 bits per heavy atom. The first kappa shape index (κ1) is 24.2. The number of hydrogen-bond acceptors (Lipinski definition) is 7. The van der Waals surface area contributed by atoms with Crippen molar-refractivity contribution in [2.45, 2.75) is 46.1 Å². The van der Waals surface area contributed by atoms with Gasteiger partial charge in [0, 0.05) is 41.4 Å². The van der Waals surface area contributed by atoms with Gasteiger partial charge in [-0.25, -0.2) is 23.5 Å². The van der Waals surface area contributed by atoms with E-state index in [1.165, 1.54) is 12.1 Å². The van der Waals surface area contributed by atoms with Gasteiger partial charge in [0.2, 0.25) is 0 Å². The Morgan fingerprint density at radius 2 is 1.80 bits per heavy atom. The number of halogens is 2. The van der Waals surface area contributed by atoms with Crippen molar-refractivity contribution in [2.75, 3.05) is 29.9 Å². The number of nitrogens with one attached hydrogen (secondary N) is 2. The molecule has 6 N–H and O–H groups in total. The van der Waals surface area contributed by atoms with Crippen molar-refractivity contribution >= 4 is 23.4 Å². The van der Waals surface area contributed by atoms with Gasteiger partial charge >= 0.3 is 6.03 Å². The molecule has 3 aromatic rings. The number of hydrogen-bond donors (Lipinski definition) is 4. The first-order valence-electron chi connectivity index (χ1n) is 11.4. The molecule has 1 aliphatic carbocycles. The molecule has 1 fully saturated rings. The number of ether oxygens (including phenoxy) is 1. The third kappa shape index (κ3) is 4.96. The van der Waals surface area contributed by atoms with Gasteiger partial charge in [0.25, 0.3) is 0 Å². The van der Waals surface area contributed by atoms with Crippen LogP contribution >= 0.6 is 0 Å². The van der Waals surface area contributed by atoms with Crippen LogP contribution in [0.25, 0.3) is 11.5 Å². The summed E-state index contributed by atoms with van der Waals surface area (Å²) in [7, 11) is 0. The van der Waals surface area contributed by atoms with Gasteiger partial charge in [-0.2, -0.15) is 5.10 Å². The molecule has 2 aromatic heterocycles. The van der Waals surface area contributed by atoms with Crippen molar-refractivity contribution in [3.63, 3.8) is 0 Å². The van der Waals surface area contributed by atoms with Gasteiger partial charge in [-0.15, -0.1) is 0 Å². The van der Waals surface area contributed by atoms with Crippen LogP contribution in [0.1, 0.15) is 49.4 Å². The Kier molecular flexibility index (Phi) is 6.72. The zero-order valence-corrected chi connectivity index (χ0v) is 19.8. The fraction of sp³-hybridized carbons (Fsp3) is 0.391. The van der Waals surface area contributed by atoms with E-state index in [0.717, 1.165) is 24.1 Å². The lowest BCUT2D eigenvalue weighted by atomic mass is 10.1. The monoisotopic (exact) mass is 486 g/mol. The summed E-state index contributed by atoms with van der Waals surface area (Å²) >= 11 is 0. The lowest BCUT2D eigenvalue weighted by molar-refractivity contribution is 0.252. The number of nitrogen functional groups attached to an aromatic ring is 2. The van der Waals surface area contributed by atoms with E-state index in [4.69, 9.17) is 16.2 Å². The van der Waals surface area contributed by atoms with Gasteiger partial charge in [-0.05, 0) is 33.6 Å². The standard InChI is InChI=1S/C23H28F2N8O2/c1-4-28-23(34)29-18-20(26)30-22(31-21(18)27)17-11(3)19(12-6-7-12)33(32-17)10-14-15(24)8-13(35-5-2)9-16(14)25/h8-9,12H,4-7,10H2,1-3H3,(H2,28,29,34)(H4,26,27,30,31). The Bertz CT molecular complexity index is 1230. The van der Waals surface area contributed by atoms with Crippen LogP contribution in [0.5, 0.6) is 5.75 Å². The molecular weight excluding hydrogens is 458 g/mol. The van der Waals surface area contributed by atoms with Crippen molar-refractivity contribution in [3.05, 3.63) is 40.6 Å². The molecule has 12 heteroatoms. The number of urea groups is 1. The van der Waals surface area contributed by atoms with Crippen LogP contribution in [0.3, 0.4) is 0 Å². The van der Waals surface area contributed by atoms with Crippen LogP contribution in [0.15, 0.2) is 12.1 Å². The second-order valence-corrected chi connectivity index (χ2v) is 8.27. The maximum atomic E-state index is 14.7. The quantitative estimate of drug-likeness (QED) is 0.381. The summed E-state index contributed by atoms with van der Waals surface area (Å²) in [5.74, 6) is -0.961. The van der Waals surface area contributed by atoms with E-state index >= 15 is 0 Å². The first-order chi connectivity index (χ1) is 16.7. The van der Waals surface area contributed by atoms with E-state index < -0.39 is 17.7 Å². The molecule has 2 heterocycles. The van der Waals surface area contributed by atoms with Crippen LogP contribution in [0.4, 0.5) is 30.9 Å². The molecule has 0 spiro atoms. The number of benzene rings is 1. The summed E-state index contributed by atoms with van der Waals surface area (Å²) in [4.78, 5) is 20.4. The fourth-order valence-electron chi connectivity index (χ4n) is 3.95. The Hall–Kier alpha value is -3.96. The normalized spacial score (nSPS) is 13.1. The average molecular weight is 487 g/mol. The van der Waals surface area contributed by atoms with Crippen molar-refractivity contribution in [3.8, 4) is 17.3 Å². The summed E-state index contributed by atoms with van der Waals surface area (Å²) in [5, 5.41) is 9.70. The number of nitrogens with zero attached hydrogens (tertiary/aromatic N) is 4. The van der Waals surface area contributed by atoms with Gasteiger partial charge in [0.05, 0.1) is 13.2 Å². The molecule has 0 atom stereocenters. The average Bonchev–Trinajstić information content (AvgIpc) is 3.56. The second-order valence-electron chi connectivity index (χ2n) is 8.27. The highest BCUT2D eigenvalue weighted by atomic mass is 19.1. The lowest BCUT2D eigenvalue weighted by Crippen LogP contribution is -2.29. The maximum absolute atomic E-state index is 14.7. The number of anilines is 3. The molecule has 1 aromatic carbocycles. The Morgan fingerprint density at radius 1 is 1.17 bits per heavy atom. The van der Waals surface area contributed by atoms with E-state index in [0.29, 0.717) is 18.8 Å². The number of carbonyl (C=O) groups is 1. The third-order valence-corrected chi connectivity index (χ3v) is 5.69. The SMILES string of the molecule is CCNC(=O)Nc1c(N)nc(-c2nn(Cc3c(F)cc(OCC)cc3F)c(C3CC3)c2C)nc1N. The summed E-state index contributed by atoms with van der Waals surface area (Å²) in [5.41, 5.74) is 14.1. The van der Waals surface area contributed by atoms with E-state index in [2.05, 4.69) is 25.7 Å². The zero-order valence-electron chi connectivity index (χ0n) is 19.8. The molecule has 1 aliphatic rings. The number of amides is 2. The topological polar surface area (TPSA) is 146 Å². The lowest BCUT2D eigenvalue weighted by Gasteiger charge is -2.11. The van der Waals surface area contributed by atoms with E-state index in [1.807, 2.05) is 6.92 Å². The molecule has 186 valence electrons. The highest BCUT2D eigenvalue weighted by Gasteiger charge is 2.32. The Balaban J connectivity index is 1.71. The van der Waals surface area contributed by atoms with Gasteiger partial charge < -0.3 is 26.8 Å². The second kappa shape index (κ2) is 9.72. The number of nitrogens with two attached hydrogens (primary N) is 2. The van der Waals surface area contributed by atoms with E-state index in [-0.39, 0.29) is 46.9 Å². The molecule has 2 amide bonds. The highest BCUT2D eigenvalue weighted by Crippen LogP contribution is 2.44. The molecular formula is C23H28F2N8O2. The van der Waals surface area contributed by atoms with Crippen LogP contribution in [0.2, 0.25) is 0 Å². The largest absolute Gasteiger partial charge is 0.494 e. The van der Waals surface area contributed by atoms with Gasteiger partial charge in [-0.1, -0.05) is 0 Å². The molecule has 0 saturated heterocycles. The minimum Gasteiger partial charge on any atom is -0.494 e. The smallest absolute Gasteiger partial charge is 0.319 e. The molecule has 10 nitrogen and oxygen atoms in total. The molecule has 0 aliphatic heterocycles. The van der Waals surface area contributed by atoms with Crippen molar-refractivity contribution in [2.24, 2.45) is 0 Å². The van der Waals surface area contributed by atoms with Gasteiger partial charge in [-0.3, -0.25) is 4.68 Å². The van der Waals surface area contributed by atoms with Crippen molar-refractivity contribution in [1.82, 2.24) is 25.1 Å². The van der Waals surface area contributed by atoms with E-state index in [9.17, 15) is 13.6 Å². The third-order valence-electron chi connectivity index (χ3n) is 5.69. The fourth-order valence-corrected chi connectivity index (χ4v) is 3.95. The molecule has 1 saturated carbocycles. The van der Waals surface area contributed by atoms with Crippen LogP contribution in [-0.2, 0) is 6.54 Å². The summed E-state index contributed by atoms with van der Waals surface area (Å²) < 4.78 is 36.3. The minimum atomic E-state index is -0.713. The number of aromatic nitrogens is 4. The molecule has 0 bridgehead atoms. The van der Waals surface area contributed by atoms with E-state index in [1.54, 1.807) is 18.5 Å². The summed E-state index contributed by atoms with van der Waals surface area (Å²) in [6.45, 7) is 5.97. The number of carbonyl (C=O) groups excluding carboxylic acids is 1. The molecule has 0 radical (unpaired) electrons. The van der Waals surface area contributed by atoms with Gasteiger partial charge in [0.1, 0.15) is 28.8 Å². The van der Waals surface area contributed by atoms with Crippen molar-refractivity contribution < 1.29 is 18.3 Å². The first-order valence-corrected chi connectivity index (χ1v) is 11.4. The summed E-state index contributed by atoms with van der Waals surface area (Å²) in [6, 6.07) is 1.85. The van der Waals surface area contributed by atoms with Crippen LogP contribution in [0, 0.1) is 18.6 Å². The predicted octanol–water partition coefficient (Wildman–Crippen LogP) is 3.56. The zero-order chi connectivity index (χ0) is 25.3. The van der Waals surface area contributed by atoms with Crippen molar-refractivity contribution in [1.29, 1.82) is 0 Å². The molecule has 35 heavy (non-hydrogen) atoms. The molecule has 0 unspecified atom stereocenters. The Labute approximate surface area is 201 Å². The summed E-state index contributed by atoms with van der Waals surface area (Å²) in [6.07, 6.45) is 1.89. The van der Waals surface area contributed by atoms with Crippen LogP contribution < -0.4 is 26.8 Å². The van der Waals surface area contributed by atoms with Gasteiger partial charge in [0.15, 0.2) is 17.5 Å². The highest BCUT2D eigenvalue weighted by molar-refractivity contribution is 5.95.